The van der Waals surface area contributed by atoms with Crippen LogP contribution < -0.4 is 0 Å². The summed E-state index contributed by atoms with van der Waals surface area (Å²) in [4.78, 5) is 0. The topological polar surface area (TPSA) is 0 Å². The minimum atomic E-state index is 0.00377. The van der Waals surface area contributed by atoms with Crippen LogP contribution in [0.1, 0.15) is 55.9 Å². The molecule has 0 saturated heterocycles. The summed E-state index contributed by atoms with van der Waals surface area (Å²) in [5, 5.41) is 1.48. The number of rotatable bonds is 2. The van der Waals surface area contributed by atoms with E-state index in [9.17, 15) is 0 Å². The standard InChI is InChI=1S/C17H21Cl3/c18-14-7-8-16(19)15(10-14)17(20)13-6-5-11-3-1-2-4-12(11)9-13/h7-8,10-13,17H,1-6,9H2. The average Bonchev–Trinajstić information content (AvgIpc) is 2.48. The fraction of sp³-hybridized carbons (Fsp3) is 0.647. The van der Waals surface area contributed by atoms with E-state index in [0.717, 1.165) is 27.4 Å². The van der Waals surface area contributed by atoms with Crippen LogP contribution in [0.15, 0.2) is 18.2 Å². The van der Waals surface area contributed by atoms with Crippen molar-refractivity contribution in [1.82, 2.24) is 0 Å². The molecule has 0 bridgehead atoms. The monoisotopic (exact) mass is 330 g/mol. The summed E-state index contributed by atoms with van der Waals surface area (Å²) in [5.41, 5.74) is 1.01. The maximum atomic E-state index is 6.75. The molecule has 2 aliphatic carbocycles. The lowest BCUT2D eigenvalue weighted by Gasteiger charge is -2.40. The fourth-order valence-electron chi connectivity index (χ4n) is 4.16. The molecule has 0 heterocycles. The summed E-state index contributed by atoms with van der Waals surface area (Å²) in [5.74, 6) is 2.40. The van der Waals surface area contributed by atoms with Crippen molar-refractivity contribution < 1.29 is 0 Å². The predicted molar refractivity (Wildman–Crippen MR) is 87.8 cm³/mol. The van der Waals surface area contributed by atoms with Gasteiger partial charge in [0.25, 0.3) is 0 Å². The van der Waals surface area contributed by atoms with Gasteiger partial charge in [0, 0.05) is 10.0 Å². The summed E-state index contributed by atoms with van der Waals surface area (Å²) in [6.07, 6.45) is 9.50. The summed E-state index contributed by atoms with van der Waals surface area (Å²) in [6, 6.07) is 5.63. The molecule has 0 N–H and O–H groups in total. The van der Waals surface area contributed by atoms with Crippen molar-refractivity contribution in [1.29, 1.82) is 0 Å². The van der Waals surface area contributed by atoms with Gasteiger partial charge in [-0.05, 0) is 60.8 Å². The SMILES string of the molecule is Clc1ccc(Cl)c(C(Cl)C2CCC3CCCCC3C2)c1. The molecular formula is C17H21Cl3. The molecule has 0 radical (unpaired) electrons. The van der Waals surface area contributed by atoms with Gasteiger partial charge in [0.1, 0.15) is 0 Å². The van der Waals surface area contributed by atoms with E-state index in [1.807, 2.05) is 18.2 Å². The Balaban J connectivity index is 1.74. The smallest absolute Gasteiger partial charge is 0.0628 e. The second-order valence-electron chi connectivity index (χ2n) is 6.45. The predicted octanol–water partition coefficient (Wildman–Crippen LogP) is 6.88. The molecule has 0 amide bonds. The van der Waals surface area contributed by atoms with Crippen LogP contribution in [0.5, 0.6) is 0 Å². The van der Waals surface area contributed by atoms with Gasteiger partial charge >= 0.3 is 0 Å². The van der Waals surface area contributed by atoms with Crippen LogP contribution in [0, 0.1) is 17.8 Å². The zero-order valence-electron chi connectivity index (χ0n) is 11.6. The molecule has 2 aliphatic rings. The van der Waals surface area contributed by atoms with Crippen molar-refractivity contribution in [2.24, 2.45) is 17.8 Å². The first-order chi connectivity index (χ1) is 9.65. The third-order valence-corrected chi connectivity index (χ3v) is 6.42. The Morgan fingerprint density at radius 3 is 2.50 bits per heavy atom. The van der Waals surface area contributed by atoms with Crippen molar-refractivity contribution in [3.05, 3.63) is 33.8 Å². The van der Waals surface area contributed by atoms with Gasteiger partial charge in [-0.1, -0.05) is 48.9 Å². The molecule has 110 valence electrons. The van der Waals surface area contributed by atoms with Crippen LogP contribution in [0.3, 0.4) is 0 Å². The molecule has 2 fully saturated rings. The number of halogens is 3. The molecule has 1 aromatic rings. The van der Waals surface area contributed by atoms with Crippen LogP contribution in [0.4, 0.5) is 0 Å². The molecular weight excluding hydrogens is 311 g/mol. The molecule has 0 aliphatic heterocycles. The van der Waals surface area contributed by atoms with E-state index in [1.54, 1.807) is 0 Å². The van der Waals surface area contributed by atoms with Crippen LogP contribution in [-0.4, -0.2) is 0 Å². The fourth-order valence-corrected chi connectivity index (χ4v) is 5.04. The van der Waals surface area contributed by atoms with Crippen molar-refractivity contribution in [2.45, 2.75) is 50.3 Å². The molecule has 3 rings (SSSR count). The highest BCUT2D eigenvalue weighted by Crippen LogP contribution is 2.49. The number of benzene rings is 1. The van der Waals surface area contributed by atoms with Gasteiger partial charge in [0.15, 0.2) is 0 Å². The lowest BCUT2D eigenvalue weighted by atomic mass is 9.66. The summed E-state index contributed by atoms with van der Waals surface area (Å²) >= 11 is 19.1. The number of hydrogen-bond acceptors (Lipinski definition) is 0. The Kier molecular flexibility index (Phi) is 4.85. The van der Waals surface area contributed by atoms with Crippen LogP contribution in [0.25, 0.3) is 0 Å². The molecule has 4 atom stereocenters. The Morgan fingerprint density at radius 1 is 0.950 bits per heavy atom. The number of hydrogen-bond donors (Lipinski definition) is 0. The van der Waals surface area contributed by atoms with Gasteiger partial charge < -0.3 is 0 Å². The number of fused-ring (bicyclic) bond motifs is 1. The van der Waals surface area contributed by atoms with Gasteiger partial charge in [-0.25, -0.2) is 0 Å². The zero-order chi connectivity index (χ0) is 14.1. The highest BCUT2D eigenvalue weighted by Gasteiger charge is 2.35. The van der Waals surface area contributed by atoms with E-state index in [-0.39, 0.29) is 5.38 Å². The molecule has 0 nitrogen and oxygen atoms in total. The Morgan fingerprint density at radius 2 is 1.70 bits per heavy atom. The minimum Gasteiger partial charge on any atom is -0.117 e. The van der Waals surface area contributed by atoms with E-state index in [1.165, 1.54) is 44.9 Å². The molecule has 0 spiro atoms. The van der Waals surface area contributed by atoms with Gasteiger partial charge in [0.05, 0.1) is 5.38 Å². The molecule has 0 aromatic heterocycles. The largest absolute Gasteiger partial charge is 0.117 e. The molecule has 2 saturated carbocycles. The second kappa shape index (κ2) is 6.46. The molecule has 3 heteroatoms. The summed E-state index contributed by atoms with van der Waals surface area (Å²) < 4.78 is 0. The lowest BCUT2D eigenvalue weighted by Crippen LogP contribution is -2.29. The van der Waals surface area contributed by atoms with E-state index in [0.29, 0.717) is 5.92 Å². The Hall–Kier alpha value is 0.0900. The summed E-state index contributed by atoms with van der Waals surface area (Å²) in [6.45, 7) is 0. The Labute approximate surface area is 136 Å². The van der Waals surface area contributed by atoms with Crippen molar-refractivity contribution in [2.75, 3.05) is 0 Å². The van der Waals surface area contributed by atoms with Crippen LogP contribution >= 0.6 is 34.8 Å². The van der Waals surface area contributed by atoms with Crippen molar-refractivity contribution in [3.8, 4) is 0 Å². The van der Waals surface area contributed by atoms with E-state index in [4.69, 9.17) is 34.8 Å². The number of alkyl halides is 1. The van der Waals surface area contributed by atoms with Gasteiger partial charge in [0.2, 0.25) is 0 Å². The summed E-state index contributed by atoms with van der Waals surface area (Å²) in [7, 11) is 0. The minimum absolute atomic E-state index is 0.00377. The molecule has 1 aromatic carbocycles. The maximum Gasteiger partial charge on any atom is 0.0628 e. The normalized spacial score (nSPS) is 31.6. The average molecular weight is 332 g/mol. The maximum absolute atomic E-state index is 6.75. The Bertz CT molecular complexity index is 471. The van der Waals surface area contributed by atoms with Gasteiger partial charge in [-0.3, -0.25) is 0 Å². The second-order valence-corrected chi connectivity index (χ2v) is 7.76. The van der Waals surface area contributed by atoms with Gasteiger partial charge in [-0.2, -0.15) is 0 Å². The van der Waals surface area contributed by atoms with Crippen LogP contribution in [0.2, 0.25) is 10.0 Å². The van der Waals surface area contributed by atoms with E-state index >= 15 is 0 Å². The highest BCUT2D eigenvalue weighted by molar-refractivity contribution is 6.34. The first-order valence-corrected chi connectivity index (χ1v) is 8.93. The molecule has 4 unspecified atom stereocenters. The van der Waals surface area contributed by atoms with Crippen molar-refractivity contribution in [3.63, 3.8) is 0 Å². The third kappa shape index (κ3) is 3.13. The molecule has 20 heavy (non-hydrogen) atoms. The van der Waals surface area contributed by atoms with E-state index in [2.05, 4.69) is 0 Å². The van der Waals surface area contributed by atoms with Crippen molar-refractivity contribution >= 4 is 34.8 Å². The van der Waals surface area contributed by atoms with Gasteiger partial charge in [-0.15, -0.1) is 11.6 Å². The first-order valence-electron chi connectivity index (χ1n) is 7.74. The van der Waals surface area contributed by atoms with E-state index < -0.39 is 0 Å². The first kappa shape index (κ1) is 15.0. The highest BCUT2D eigenvalue weighted by atomic mass is 35.5. The lowest BCUT2D eigenvalue weighted by molar-refractivity contribution is 0.127. The van der Waals surface area contributed by atoms with Crippen LogP contribution in [-0.2, 0) is 0 Å². The zero-order valence-corrected chi connectivity index (χ0v) is 13.9. The third-order valence-electron chi connectivity index (χ3n) is 5.25. The quantitative estimate of drug-likeness (QED) is 0.518.